The molecule has 2 aromatic heterocycles. The van der Waals surface area contributed by atoms with Crippen molar-refractivity contribution in [1.29, 1.82) is 0 Å². The Morgan fingerprint density at radius 2 is 1.89 bits per heavy atom. The molecule has 0 fully saturated rings. The van der Waals surface area contributed by atoms with Crippen molar-refractivity contribution in [3.8, 4) is 5.69 Å². The molecular formula is C20H17N5O3. The average Bonchev–Trinajstić information content (AvgIpc) is 3.15. The van der Waals surface area contributed by atoms with Crippen LogP contribution in [-0.2, 0) is 11.3 Å². The molecule has 2 N–H and O–H groups in total. The number of fused-ring (bicyclic) bond motifs is 1. The molecule has 0 aliphatic heterocycles. The van der Waals surface area contributed by atoms with Crippen LogP contribution >= 0.6 is 0 Å². The van der Waals surface area contributed by atoms with Crippen LogP contribution in [0.15, 0.2) is 70.5 Å². The number of carbonyl (C=O) groups excluding carboxylic acids is 1. The lowest BCUT2D eigenvalue weighted by Crippen LogP contribution is -2.39. The van der Waals surface area contributed by atoms with Gasteiger partial charge in [-0.25, -0.2) is 14.3 Å². The molecule has 4 aromatic rings. The summed E-state index contributed by atoms with van der Waals surface area (Å²) in [5, 5.41) is 2.69. The molecule has 8 nitrogen and oxygen atoms in total. The van der Waals surface area contributed by atoms with E-state index in [0.29, 0.717) is 11.4 Å². The summed E-state index contributed by atoms with van der Waals surface area (Å²) >= 11 is 0. The van der Waals surface area contributed by atoms with Crippen LogP contribution < -0.4 is 16.6 Å². The number of amides is 1. The van der Waals surface area contributed by atoms with E-state index >= 15 is 0 Å². The number of H-pyrrole nitrogens is 1. The fraction of sp³-hybridized carbons (Fsp3) is 0.100. The Balaban J connectivity index is 1.94. The van der Waals surface area contributed by atoms with Gasteiger partial charge in [0.2, 0.25) is 5.91 Å². The van der Waals surface area contributed by atoms with Gasteiger partial charge in [-0.05, 0) is 23.8 Å². The van der Waals surface area contributed by atoms with Gasteiger partial charge in [0.05, 0.1) is 18.6 Å². The normalized spacial score (nSPS) is 10.9. The van der Waals surface area contributed by atoms with Crippen LogP contribution in [0.25, 0.3) is 16.9 Å². The van der Waals surface area contributed by atoms with Gasteiger partial charge in [0.1, 0.15) is 5.52 Å². The third-order valence-corrected chi connectivity index (χ3v) is 4.32. The molecule has 0 aliphatic rings. The number of aromatic nitrogens is 4. The second kappa shape index (κ2) is 6.99. The molecule has 0 bridgehead atoms. The maximum atomic E-state index is 13.2. The first-order valence-corrected chi connectivity index (χ1v) is 8.65. The van der Waals surface area contributed by atoms with Crippen LogP contribution in [0.2, 0.25) is 0 Å². The van der Waals surface area contributed by atoms with Crippen molar-refractivity contribution in [3.05, 3.63) is 87.3 Å². The van der Waals surface area contributed by atoms with E-state index in [4.69, 9.17) is 0 Å². The molecule has 0 radical (unpaired) electrons. The topological polar surface area (TPSA) is 102 Å². The monoisotopic (exact) mass is 375 g/mol. The molecule has 8 heteroatoms. The molecule has 2 aromatic carbocycles. The summed E-state index contributed by atoms with van der Waals surface area (Å²) in [6.07, 6.45) is 1.38. The smallest absolute Gasteiger partial charge is 0.337 e. The number of nitrogens with one attached hydrogen (secondary N) is 2. The highest BCUT2D eigenvalue weighted by Gasteiger charge is 2.17. The predicted octanol–water partition coefficient (Wildman–Crippen LogP) is 1.88. The van der Waals surface area contributed by atoms with Crippen molar-refractivity contribution < 1.29 is 4.79 Å². The Bertz CT molecular complexity index is 1280. The van der Waals surface area contributed by atoms with Crippen molar-refractivity contribution in [2.75, 3.05) is 5.32 Å². The van der Waals surface area contributed by atoms with E-state index in [-0.39, 0.29) is 23.6 Å². The summed E-state index contributed by atoms with van der Waals surface area (Å²) < 4.78 is 2.53. The van der Waals surface area contributed by atoms with Gasteiger partial charge in [-0.2, -0.15) is 0 Å². The lowest BCUT2D eigenvalue weighted by Gasteiger charge is -2.12. The Kier molecular flexibility index (Phi) is 4.36. The zero-order valence-corrected chi connectivity index (χ0v) is 15.0. The number of anilines is 1. The molecule has 140 valence electrons. The van der Waals surface area contributed by atoms with E-state index in [2.05, 4.69) is 15.3 Å². The lowest BCUT2D eigenvalue weighted by molar-refractivity contribution is -0.114. The van der Waals surface area contributed by atoms with E-state index in [0.717, 1.165) is 5.56 Å². The first-order valence-electron chi connectivity index (χ1n) is 8.65. The number of benzene rings is 2. The highest BCUT2D eigenvalue weighted by atomic mass is 16.2. The molecule has 2 heterocycles. The maximum Gasteiger partial charge on any atom is 0.337 e. The highest BCUT2D eigenvalue weighted by Crippen LogP contribution is 2.16. The molecule has 1 amide bonds. The van der Waals surface area contributed by atoms with Gasteiger partial charge < -0.3 is 10.3 Å². The number of hydrogen-bond donors (Lipinski definition) is 2. The van der Waals surface area contributed by atoms with Gasteiger partial charge in [0.25, 0.3) is 5.56 Å². The molecule has 0 aliphatic carbocycles. The first-order chi connectivity index (χ1) is 13.5. The van der Waals surface area contributed by atoms with Gasteiger partial charge in [-0.1, -0.05) is 36.4 Å². The van der Waals surface area contributed by atoms with Crippen LogP contribution in [-0.4, -0.2) is 25.0 Å². The number of rotatable bonds is 4. The summed E-state index contributed by atoms with van der Waals surface area (Å²) in [6, 6.07) is 16.1. The summed E-state index contributed by atoms with van der Waals surface area (Å²) in [5.74, 6) is -0.219. The number of imidazole rings is 1. The lowest BCUT2D eigenvalue weighted by atomic mass is 10.2. The second-order valence-corrected chi connectivity index (χ2v) is 6.33. The molecular weight excluding hydrogens is 358 g/mol. The van der Waals surface area contributed by atoms with Gasteiger partial charge in [0.15, 0.2) is 5.65 Å². The molecule has 28 heavy (non-hydrogen) atoms. The Morgan fingerprint density at radius 3 is 2.64 bits per heavy atom. The van der Waals surface area contributed by atoms with Crippen LogP contribution in [0.1, 0.15) is 12.5 Å². The van der Waals surface area contributed by atoms with E-state index < -0.39 is 11.2 Å². The summed E-state index contributed by atoms with van der Waals surface area (Å²) in [6.45, 7) is 1.55. The number of nitrogens with zero attached hydrogens (tertiary/aromatic N) is 3. The van der Waals surface area contributed by atoms with Crippen LogP contribution in [0, 0.1) is 0 Å². The minimum atomic E-state index is -0.506. The third-order valence-electron chi connectivity index (χ3n) is 4.32. The van der Waals surface area contributed by atoms with E-state index in [1.165, 1.54) is 22.4 Å². The Labute approximate surface area is 159 Å². The minimum Gasteiger partial charge on any atom is -0.339 e. The fourth-order valence-corrected chi connectivity index (χ4v) is 3.11. The summed E-state index contributed by atoms with van der Waals surface area (Å²) in [5.41, 5.74) is 1.40. The average molecular weight is 375 g/mol. The van der Waals surface area contributed by atoms with E-state index in [1.54, 1.807) is 24.3 Å². The maximum absolute atomic E-state index is 13.2. The molecule has 0 spiro atoms. The molecule has 0 saturated heterocycles. The zero-order valence-electron chi connectivity index (χ0n) is 15.0. The number of carbonyl (C=O) groups is 1. The zero-order chi connectivity index (χ0) is 19.7. The van der Waals surface area contributed by atoms with Gasteiger partial charge >= 0.3 is 5.69 Å². The predicted molar refractivity (Wildman–Crippen MR) is 106 cm³/mol. The molecule has 0 atom stereocenters. The highest BCUT2D eigenvalue weighted by molar-refractivity contribution is 5.89. The van der Waals surface area contributed by atoms with Crippen LogP contribution in [0.3, 0.4) is 0 Å². The summed E-state index contributed by atoms with van der Waals surface area (Å²) in [7, 11) is 0. The largest absolute Gasteiger partial charge is 0.339 e. The minimum absolute atomic E-state index is 0.138. The van der Waals surface area contributed by atoms with Gasteiger partial charge in [-0.3, -0.25) is 14.2 Å². The van der Waals surface area contributed by atoms with Gasteiger partial charge in [0, 0.05) is 12.6 Å². The van der Waals surface area contributed by atoms with Crippen molar-refractivity contribution in [1.82, 2.24) is 19.1 Å². The third kappa shape index (κ3) is 3.11. The van der Waals surface area contributed by atoms with Crippen LogP contribution in [0.4, 0.5) is 5.69 Å². The molecule has 0 saturated carbocycles. The van der Waals surface area contributed by atoms with E-state index in [9.17, 15) is 14.4 Å². The number of hydrogen-bond acceptors (Lipinski definition) is 4. The van der Waals surface area contributed by atoms with E-state index in [1.807, 2.05) is 30.3 Å². The molecule has 4 rings (SSSR count). The summed E-state index contributed by atoms with van der Waals surface area (Å²) in [4.78, 5) is 44.4. The second-order valence-electron chi connectivity index (χ2n) is 6.33. The standard InChI is InChI=1S/C20H17N5O3/c1-13(26)23-15-8-5-9-16(10-15)25-18-17(21-12-22-18)19(27)24(20(25)28)11-14-6-3-2-4-7-14/h2-10,12H,11H2,1H3,(H,21,22)(H,23,26). The van der Waals surface area contributed by atoms with Crippen molar-refractivity contribution in [2.45, 2.75) is 13.5 Å². The quantitative estimate of drug-likeness (QED) is 0.569. The van der Waals surface area contributed by atoms with Crippen molar-refractivity contribution >= 4 is 22.8 Å². The Morgan fingerprint density at radius 1 is 1.11 bits per heavy atom. The SMILES string of the molecule is CC(=O)Nc1cccc(-n2c(=O)n(Cc3ccccc3)c(=O)c3[nH]cnc32)c1. The first kappa shape index (κ1) is 17.5. The van der Waals surface area contributed by atoms with Crippen molar-refractivity contribution in [3.63, 3.8) is 0 Å². The number of aromatic amines is 1. The van der Waals surface area contributed by atoms with Crippen LogP contribution in [0.5, 0.6) is 0 Å². The van der Waals surface area contributed by atoms with Gasteiger partial charge in [-0.15, -0.1) is 0 Å². The fourth-order valence-electron chi connectivity index (χ4n) is 3.11. The molecule has 0 unspecified atom stereocenters. The van der Waals surface area contributed by atoms with Crippen molar-refractivity contribution in [2.24, 2.45) is 0 Å². The Hall–Kier alpha value is -3.94.